The van der Waals surface area contributed by atoms with Gasteiger partial charge in [0.25, 0.3) is 20.2 Å². The molecule has 0 spiro atoms. The summed E-state index contributed by atoms with van der Waals surface area (Å²) in [7, 11) is -9.86. The zero-order chi connectivity index (χ0) is 35.8. The molecule has 2 aliphatic carbocycles. The molecule has 6 rings (SSSR count). The van der Waals surface area contributed by atoms with E-state index in [9.17, 15) is 30.7 Å². The first-order valence-electron chi connectivity index (χ1n) is 16.7. The summed E-state index contributed by atoms with van der Waals surface area (Å²) in [6.45, 7) is 12.5. The van der Waals surface area contributed by atoms with E-state index in [-0.39, 0.29) is 35.2 Å². The van der Waals surface area contributed by atoms with Crippen LogP contribution in [0.2, 0.25) is 0 Å². The number of imidazole rings is 1. The smallest absolute Gasteiger partial charge is 0.303 e. The second-order valence-electron chi connectivity index (χ2n) is 15.5. The lowest BCUT2D eigenvalue weighted by molar-refractivity contribution is -0.137. The Hall–Kier alpha value is -3.52. The molecule has 0 fully saturated rings. The van der Waals surface area contributed by atoms with Crippen LogP contribution in [0.5, 0.6) is 11.5 Å². The molecule has 3 aromatic rings. The third-order valence-electron chi connectivity index (χ3n) is 10.1. The van der Waals surface area contributed by atoms with E-state index in [4.69, 9.17) is 14.8 Å². The molecule has 3 aliphatic rings. The Balaban J connectivity index is 1.75. The van der Waals surface area contributed by atoms with Crippen LogP contribution < -0.4 is 15.2 Å². The summed E-state index contributed by atoms with van der Waals surface area (Å²) in [4.78, 5) is 14.9. The number of aromatic nitrogens is 2. The first-order valence-corrected chi connectivity index (χ1v) is 19.6. The molecule has 2 unspecified atom stereocenters. The van der Waals surface area contributed by atoms with E-state index < -0.39 is 41.4 Å². The maximum Gasteiger partial charge on any atom is 0.303 e. The zero-order valence-electron chi connectivity index (χ0n) is 28.7. The van der Waals surface area contributed by atoms with Crippen molar-refractivity contribution in [1.82, 2.24) is 9.55 Å². The number of hydrogen-bond acceptors (Lipinski definition) is 7. The molecule has 13 heteroatoms. The second-order valence-corrected chi connectivity index (χ2v) is 18.2. The van der Waals surface area contributed by atoms with Crippen LogP contribution in [-0.2, 0) is 38.0 Å². The van der Waals surface area contributed by atoms with Gasteiger partial charge in [0.05, 0.1) is 0 Å². The second kappa shape index (κ2) is 12.1. The van der Waals surface area contributed by atoms with E-state index in [0.717, 1.165) is 18.4 Å². The van der Waals surface area contributed by atoms with Crippen LogP contribution in [0.4, 0.5) is 0 Å². The highest BCUT2D eigenvalue weighted by atomic mass is 32.2. The summed E-state index contributed by atoms with van der Waals surface area (Å²) < 4.78 is 83.5. The molecule has 2 heterocycles. The Morgan fingerprint density at radius 1 is 0.939 bits per heavy atom. The van der Waals surface area contributed by atoms with E-state index >= 15 is 0 Å². The van der Waals surface area contributed by atoms with Gasteiger partial charge in [-0.3, -0.25) is 13.9 Å². The highest BCUT2D eigenvalue weighted by Crippen LogP contribution is 2.51. The first kappa shape index (κ1) is 35.3. The van der Waals surface area contributed by atoms with Crippen molar-refractivity contribution in [1.29, 1.82) is 0 Å². The standard InChI is InChI=1S/C36H44N2O9S2/c1-20-16-35(3,4)18-26-22(20)14-24-29(34-37-11-13-38(34)12-9-7-8-10-28(39)40)25-15-23-21(2)17-36(5,6)19-27(23)33(49(44,45)46)31(25)47-30(24)32(26)48(41,42)43/h11,13-15,18,20-21H,7-10,12,16-17,19H2,1-6H3,(H,39,40)(H,41,42,43)(H,44,45,46). The third-order valence-corrected chi connectivity index (χ3v) is 12.0. The number of aryl methyl sites for hydroxylation is 1. The van der Waals surface area contributed by atoms with Crippen LogP contribution in [0.25, 0.3) is 11.6 Å². The highest BCUT2D eigenvalue weighted by Gasteiger charge is 2.41. The first-order chi connectivity index (χ1) is 22.7. The van der Waals surface area contributed by atoms with Gasteiger partial charge in [0, 0.05) is 41.7 Å². The summed E-state index contributed by atoms with van der Waals surface area (Å²) in [6.07, 6.45) is 8.83. The van der Waals surface area contributed by atoms with Crippen LogP contribution in [0.15, 0.2) is 34.3 Å². The van der Waals surface area contributed by atoms with Crippen LogP contribution in [0.3, 0.4) is 0 Å². The average molecular weight is 713 g/mol. The number of aliphatic carboxylic acids is 1. The molecule has 0 radical (unpaired) electrons. The molecule has 3 N–H and O–H groups in total. The van der Waals surface area contributed by atoms with E-state index in [0.29, 0.717) is 70.8 Å². The largest absolute Gasteiger partial charge is 0.481 e. The molecule has 2 atom stereocenters. The van der Waals surface area contributed by atoms with Crippen molar-refractivity contribution >= 4 is 37.9 Å². The average Bonchev–Trinajstić information content (AvgIpc) is 3.39. The van der Waals surface area contributed by atoms with Crippen molar-refractivity contribution in [2.24, 2.45) is 10.8 Å². The number of unbranched alkanes of at least 4 members (excludes halogenated alkanes) is 2. The van der Waals surface area contributed by atoms with Gasteiger partial charge in [-0.15, -0.1) is 0 Å². The van der Waals surface area contributed by atoms with E-state index in [1.54, 1.807) is 12.4 Å². The SMILES string of the molecule is CC1CC(C)(C)Cc2c1cc1c(c2S(=O)(=O)O)Oc2c(S(=O)(=O)O)c3c(cc2=C1c1nccn1CCCCCC(=O)O)C(C)CC(C)(C)C=3. The van der Waals surface area contributed by atoms with Crippen LogP contribution in [-0.4, -0.2) is 46.6 Å². The van der Waals surface area contributed by atoms with Crippen molar-refractivity contribution in [3.05, 3.63) is 63.0 Å². The maximum atomic E-state index is 13.4. The highest BCUT2D eigenvalue weighted by molar-refractivity contribution is 7.86. The Morgan fingerprint density at radius 2 is 1.61 bits per heavy atom. The number of nitrogens with zero attached hydrogens (tertiary/aromatic N) is 2. The summed E-state index contributed by atoms with van der Waals surface area (Å²) in [5.74, 6) is -1.06. The van der Waals surface area contributed by atoms with Gasteiger partial charge in [-0.2, -0.15) is 16.8 Å². The molecule has 1 aromatic heterocycles. The molecule has 0 bridgehead atoms. The van der Waals surface area contributed by atoms with Gasteiger partial charge >= 0.3 is 5.97 Å². The fourth-order valence-corrected chi connectivity index (χ4v) is 10.2. The lowest BCUT2D eigenvalue weighted by atomic mass is 9.69. The number of ether oxygens (including phenoxy) is 1. The van der Waals surface area contributed by atoms with Gasteiger partial charge in [-0.25, -0.2) is 4.98 Å². The maximum absolute atomic E-state index is 13.4. The van der Waals surface area contributed by atoms with Gasteiger partial charge in [-0.05, 0) is 88.8 Å². The number of benzene rings is 2. The summed E-state index contributed by atoms with van der Waals surface area (Å²) >= 11 is 0. The van der Waals surface area contributed by atoms with Crippen molar-refractivity contribution in [2.75, 3.05) is 0 Å². The topological polar surface area (TPSA) is 173 Å². The van der Waals surface area contributed by atoms with Crippen molar-refractivity contribution in [3.8, 4) is 11.5 Å². The van der Waals surface area contributed by atoms with Crippen molar-refractivity contribution < 1.29 is 40.6 Å². The molecular weight excluding hydrogens is 669 g/mol. The van der Waals surface area contributed by atoms with Crippen molar-refractivity contribution in [3.63, 3.8) is 0 Å². The summed E-state index contributed by atoms with van der Waals surface area (Å²) in [5.41, 5.74) is 1.91. The van der Waals surface area contributed by atoms with Crippen LogP contribution in [0.1, 0.15) is 120 Å². The van der Waals surface area contributed by atoms with E-state index in [1.807, 2.05) is 64.3 Å². The molecule has 264 valence electrons. The van der Waals surface area contributed by atoms with Gasteiger partial charge in [0.15, 0.2) is 11.5 Å². The Morgan fingerprint density at radius 3 is 2.27 bits per heavy atom. The predicted molar refractivity (Wildman–Crippen MR) is 184 cm³/mol. The fourth-order valence-electron chi connectivity index (χ4n) is 8.43. The fraction of sp³-hybridized carbons (Fsp3) is 0.500. The number of hydrogen-bond donors (Lipinski definition) is 3. The monoisotopic (exact) mass is 712 g/mol. The Bertz CT molecular complexity index is 2230. The number of rotatable bonds is 9. The number of carboxylic acids is 1. The summed E-state index contributed by atoms with van der Waals surface area (Å²) in [6, 6.07) is 3.74. The quantitative estimate of drug-likeness (QED) is 0.143. The Kier molecular flexibility index (Phi) is 8.70. The third kappa shape index (κ3) is 6.58. The molecule has 0 saturated heterocycles. The minimum atomic E-state index is -4.94. The van der Waals surface area contributed by atoms with E-state index in [2.05, 4.69) is 0 Å². The molecule has 49 heavy (non-hydrogen) atoms. The molecular formula is C36H44N2O9S2. The zero-order valence-corrected chi connectivity index (χ0v) is 30.3. The molecule has 2 aromatic carbocycles. The van der Waals surface area contributed by atoms with Gasteiger partial charge < -0.3 is 14.4 Å². The van der Waals surface area contributed by atoms with Gasteiger partial charge in [-0.1, -0.05) is 54.0 Å². The predicted octanol–water partition coefficient (Wildman–Crippen LogP) is 5.76. The number of fused-ring (bicyclic) bond motifs is 4. The minimum Gasteiger partial charge on any atom is -0.481 e. The lowest BCUT2D eigenvalue weighted by Gasteiger charge is -2.38. The molecule has 11 nitrogen and oxygen atoms in total. The van der Waals surface area contributed by atoms with Crippen molar-refractivity contribution in [2.45, 2.75) is 115 Å². The summed E-state index contributed by atoms with van der Waals surface area (Å²) in [5, 5.41) is 9.70. The number of carbonyl (C=O) groups is 1. The van der Waals surface area contributed by atoms with Crippen LogP contribution >= 0.6 is 0 Å². The molecule has 1 aliphatic heterocycles. The van der Waals surface area contributed by atoms with Gasteiger partial charge in [0.2, 0.25) is 0 Å². The molecule has 0 amide bonds. The Labute approximate surface area is 287 Å². The molecule has 0 saturated carbocycles. The minimum absolute atomic E-state index is 0.0558. The lowest BCUT2D eigenvalue weighted by Crippen LogP contribution is -2.35. The van der Waals surface area contributed by atoms with E-state index in [1.165, 1.54) is 0 Å². The normalized spacial score (nSPS) is 20.7. The van der Waals surface area contributed by atoms with Gasteiger partial charge in [0.1, 0.15) is 15.6 Å². The number of carboxylic acid groups (broad SMARTS) is 1. The van der Waals surface area contributed by atoms with Crippen LogP contribution in [0, 0.1) is 10.8 Å².